The number of nitrogens with two attached hydrogens (primary N) is 1. The van der Waals surface area contributed by atoms with Crippen LogP contribution in [0.5, 0.6) is 5.75 Å². The van der Waals surface area contributed by atoms with E-state index in [2.05, 4.69) is 5.32 Å². The standard InChI is InChI=1S/C17H22N4O4/c1-3-25-17(23)21(9-8-18)12-14(10-19)16(22)20-11-13-4-6-15(24-2)7-5-13/h4-7,12H,3,8-9,11,18H2,1-2H3,(H,20,22)/b14-12-. The van der Waals surface area contributed by atoms with Crippen LogP contribution < -0.4 is 15.8 Å². The molecular weight excluding hydrogens is 324 g/mol. The highest BCUT2D eigenvalue weighted by Gasteiger charge is 2.16. The molecule has 0 aliphatic heterocycles. The summed E-state index contributed by atoms with van der Waals surface area (Å²) in [5.74, 6) is 0.115. The van der Waals surface area contributed by atoms with E-state index < -0.39 is 12.0 Å². The number of ether oxygens (including phenoxy) is 2. The number of hydrogen-bond acceptors (Lipinski definition) is 6. The summed E-state index contributed by atoms with van der Waals surface area (Å²) in [7, 11) is 1.57. The number of amides is 2. The van der Waals surface area contributed by atoms with Gasteiger partial charge in [0.15, 0.2) is 0 Å². The van der Waals surface area contributed by atoms with Gasteiger partial charge in [-0.15, -0.1) is 0 Å². The molecule has 0 aliphatic rings. The third-order valence-electron chi connectivity index (χ3n) is 3.13. The van der Waals surface area contributed by atoms with Gasteiger partial charge in [0.05, 0.1) is 13.7 Å². The summed E-state index contributed by atoms with van der Waals surface area (Å²) in [6, 6.07) is 8.92. The molecule has 8 nitrogen and oxygen atoms in total. The fourth-order valence-corrected chi connectivity index (χ4v) is 1.87. The molecule has 0 bridgehead atoms. The molecule has 2 amide bonds. The van der Waals surface area contributed by atoms with Crippen molar-refractivity contribution in [3.8, 4) is 11.8 Å². The molecule has 0 fully saturated rings. The molecule has 0 unspecified atom stereocenters. The van der Waals surface area contributed by atoms with Gasteiger partial charge < -0.3 is 20.5 Å². The topological polar surface area (TPSA) is 118 Å². The zero-order valence-electron chi connectivity index (χ0n) is 14.3. The van der Waals surface area contributed by atoms with Gasteiger partial charge in [-0.3, -0.25) is 9.69 Å². The summed E-state index contributed by atoms with van der Waals surface area (Å²) < 4.78 is 9.93. The van der Waals surface area contributed by atoms with Crippen LogP contribution in [0.3, 0.4) is 0 Å². The Morgan fingerprint density at radius 3 is 2.56 bits per heavy atom. The summed E-state index contributed by atoms with van der Waals surface area (Å²) in [6.07, 6.45) is 0.484. The van der Waals surface area contributed by atoms with E-state index in [1.807, 2.05) is 0 Å². The van der Waals surface area contributed by atoms with E-state index >= 15 is 0 Å². The quantitative estimate of drug-likeness (QED) is 0.538. The van der Waals surface area contributed by atoms with Crippen LogP contribution in [0, 0.1) is 11.3 Å². The van der Waals surface area contributed by atoms with Crippen molar-refractivity contribution in [2.45, 2.75) is 13.5 Å². The number of hydrogen-bond donors (Lipinski definition) is 2. The second-order valence-electron chi connectivity index (χ2n) is 4.87. The SMILES string of the molecule is CCOC(=O)N(/C=C(/C#N)C(=O)NCc1ccc(OC)cc1)CCN. The normalized spacial score (nSPS) is 10.6. The Kier molecular flexibility index (Phi) is 8.54. The number of rotatable bonds is 8. The maximum atomic E-state index is 12.2. The van der Waals surface area contributed by atoms with Gasteiger partial charge in [-0.25, -0.2) is 4.79 Å². The largest absolute Gasteiger partial charge is 0.497 e. The lowest BCUT2D eigenvalue weighted by Crippen LogP contribution is -2.33. The summed E-state index contributed by atoms with van der Waals surface area (Å²) in [4.78, 5) is 25.1. The second kappa shape index (κ2) is 10.7. The zero-order valence-corrected chi connectivity index (χ0v) is 14.3. The average molecular weight is 346 g/mol. The molecule has 0 saturated heterocycles. The molecular formula is C17H22N4O4. The van der Waals surface area contributed by atoms with Gasteiger partial charge in [0, 0.05) is 25.8 Å². The maximum Gasteiger partial charge on any atom is 0.413 e. The highest BCUT2D eigenvalue weighted by atomic mass is 16.6. The van der Waals surface area contributed by atoms with E-state index in [0.29, 0.717) is 5.75 Å². The first-order valence-corrected chi connectivity index (χ1v) is 7.72. The lowest BCUT2D eigenvalue weighted by molar-refractivity contribution is -0.117. The van der Waals surface area contributed by atoms with E-state index in [0.717, 1.165) is 16.7 Å². The zero-order chi connectivity index (χ0) is 18.7. The minimum atomic E-state index is -0.663. The van der Waals surface area contributed by atoms with Crippen molar-refractivity contribution in [3.63, 3.8) is 0 Å². The summed E-state index contributed by atoms with van der Waals surface area (Å²) in [6.45, 7) is 2.38. The first kappa shape index (κ1) is 20.0. The first-order valence-electron chi connectivity index (χ1n) is 7.72. The van der Waals surface area contributed by atoms with E-state index in [1.54, 1.807) is 44.4 Å². The van der Waals surface area contributed by atoms with Gasteiger partial charge in [-0.05, 0) is 24.6 Å². The molecule has 3 N–H and O–H groups in total. The molecule has 0 aromatic heterocycles. The highest BCUT2D eigenvalue weighted by molar-refractivity contribution is 5.97. The second-order valence-corrected chi connectivity index (χ2v) is 4.87. The summed E-state index contributed by atoms with van der Waals surface area (Å²) >= 11 is 0. The van der Waals surface area contributed by atoms with Crippen molar-refractivity contribution in [1.29, 1.82) is 5.26 Å². The fraction of sp³-hybridized carbons (Fsp3) is 0.353. The molecule has 0 heterocycles. The van der Waals surface area contributed by atoms with Gasteiger partial charge in [0.25, 0.3) is 5.91 Å². The molecule has 1 rings (SSSR count). The molecule has 0 radical (unpaired) electrons. The van der Waals surface area contributed by atoms with Crippen molar-refractivity contribution in [2.75, 3.05) is 26.8 Å². The van der Waals surface area contributed by atoms with Crippen LogP contribution in [0.25, 0.3) is 0 Å². The number of benzene rings is 1. The molecule has 1 aromatic carbocycles. The minimum Gasteiger partial charge on any atom is -0.497 e. The third-order valence-corrected chi connectivity index (χ3v) is 3.13. The Labute approximate surface area is 146 Å². The Morgan fingerprint density at radius 2 is 2.04 bits per heavy atom. The molecule has 25 heavy (non-hydrogen) atoms. The van der Waals surface area contributed by atoms with E-state index in [1.165, 1.54) is 0 Å². The smallest absolute Gasteiger partial charge is 0.413 e. The van der Waals surface area contributed by atoms with Crippen LogP contribution in [-0.2, 0) is 16.1 Å². The Bertz CT molecular complexity index is 650. The molecule has 0 spiro atoms. The predicted octanol–water partition coefficient (Wildman–Crippen LogP) is 1.14. The lowest BCUT2D eigenvalue weighted by atomic mass is 10.2. The lowest BCUT2D eigenvalue weighted by Gasteiger charge is -2.17. The van der Waals surface area contributed by atoms with Crippen molar-refractivity contribution in [1.82, 2.24) is 10.2 Å². The van der Waals surface area contributed by atoms with Gasteiger partial charge in [-0.2, -0.15) is 5.26 Å². The highest BCUT2D eigenvalue weighted by Crippen LogP contribution is 2.11. The van der Waals surface area contributed by atoms with E-state index in [9.17, 15) is 14.9 Å². The Morgan fingerprint density at radius 1 is 1.36 bits per heavy atom. The number of carbonyl (C=O) groups excluding carboxylic acids is 2. The number of nitrogens with zero attached hydrogens (tertiary/aromatic N) is 2. The average Bonchev–Trinajstić information content (AvgIpc) is 2.63. The van der Waals surface area contributed by atoms with Crippen LogP contribution in [0.1, 0.15) is 12.5 Å². The van der Waals surface area contributed by atoms with Gasteiger partial charge >= 0.3 is 6.09 Å². The summed E-state index contributed by atoms with van der Waals surface area (Å²) in [5.41, 5.74) is 6.07. The van der Waals surface area contributed by atoms with Crippen LogP contribution in [0.4, 0.5) is 4.79 Å². The van der Waals surface area contributed by atoms with Crippen LogP contribution in [0.2, 0.25) is 0 Å². The number of nitrogens with one attached hydrogen (secondary N) is 1. The molecule has 0 atom stereocenters. The Hall–Kier alpha value is -3.05. The fourth-order valence-electron chi connectivity index (χ4n) is 1.87. The number of methoxy groups -OCH3 is 1. The van der Waals surface area contributed by atoms with Crippen LogP contribution in [0.15, 0.2) is 36.0 Å². The minimum absolute atomic E-state index is 0.135. The molecule has 8 heteroatoms. The summed E-state index contributed by atoms with van der Waals surface area (Å²) in [5, 5.41) is 11.8. The number of nitriles is 1. The van der Waals surface area contributed by atoms with Crippen molar-refractivity contribution in [3.05, 3.63) is 41.6 Å². The van der Waals surface area contributed by atoms with Crippen LogP contribution >= 0.6 is 0 Å². The first-order chi connectivity index (χ1) is 12.0. The van der Waals surface area contributed by atoms with E-state index in [4.69, 9.17) is 15.2 Å². The van der Waals surface area contributed by atoms with Gasteiger partial charge in [-0.1, -0.05) is 12.1 Å². The molecule has 0 aliphatic carbocycles. The maximum absolute atomic E-state index is 12.2. The van der Waals surface area contributed by atoms with Crippen molar-refractivity contribution in [2.24, 2.45) is 5.73 Å². The van der Waals surface area contributed by atoms with Gasteiger partial charge in [0.1, 0.15) is 17.4 Å². The molecule has 134 valence electrons. The monoisotopic (exact) mass is 346 g/mol. The predicted molar refractivity (Wildman–Crippen MR) is 91.3 cm³/mol. The molecule has 1 aromatic rings. The molecule has 0 saturated carbocycles. The Balaban J connectivity index is 2.76. The van der Waals surface area contributed by atoms with Crippen molar-refractivity contribution >= 4 is 12.0 Å². The van der Waals surface area contributed by atoms with Gasteiger partial charge in [0.2, 0.25) is 0 Å². The number of carbonyl (C=O) groups is 2. The van der Waals surface area contributed by atoms with Crippen molar-refractivity contribution < 1.29 is 19.1 Å². The van der Waals surface area contributed by atoms with Crippen LogP contribution in [-0.4, -0.2) is 43.7 Å². The third kappa shape index (κ3) is 6.53. The van der Waals surface area contributed by atoms with E-state index in [-0.39, 0.29) is 31.8 Å².